The van der Waals surface area contributed by atoms with E-state index in [1.165, 1.54) is 28.2 Å². The Bertz CT molecular complexity index is 833. The van der Waals surface area contributed by atoms with Crippen LogP contribution < -0.4 is 10.6 Å². The zero-order valence-corrected chi connectivity index (χ0v) is 11.4. The molecule has 1 aromatic carbocycles. The van der Waals surface area contributed by atoms with Gasteiger partial charge in [-0.25, -0.2) is 4.68 Å². The summed E-state index contributed by atoms with van der Waals surface area (Å²) in [5.41, 5.74) is 0.630. The van der Waals surface area contributed by atoms with Crippen LogP contribution in [0.1, 0.15) is 0 Å². The van der Waals surface area contributed by atoms with E-state index < -0.39 is 4.92 Å². The number of nitro benzene ring substituents is 1. The van der Waals surface area contributed by atoms with Gasteiger partial charge >= 0.3 is 0 Å². The summed E-state index contributed by atoms with van der Waals surface area (Å²) in [5, 5.41) is 19.3. The molecule has 3 aromatic rings. The number of non-ortho nitro benzene ring substituents is 1. The molecule has 0 aliphatic heterocycles. The Morgan fingerprint density at radius 2 is 2.10 bits per heavy atom. The minimum atomic E-state index is -0.460. The van der Waals surface area contributed by atoms with Gasteiger partial charge in [-0.2, -0.15) is 10.2 Å². The minimum Gasteiger partial charge on any atom is -0.462 e. The summed E-state index contributed by atoms with van der Waals surface area (Å²) in [6.45, 7) is 0. The lowest BCUT2D eigenvalue weighted by Crippen LogP contribution is -2.16. The van der Waals surface area contributed by atoms with Crippen molar-refractivity contribution in [2.24, 2.45) is 10.9 Å². The maximum Gasteiger partial charge on any atom is 0.269 e. The number of aromatic nitrogens is 2. The molecule has 0 atom stereocenters. The van der Waals surface area contributed by atoms with Gasteiger partial charge < -0.3 is 10.3 Å². The molecule has 0 unspecified atom stereocenters. The Kier molecular flexibility index (Phi) is 3.24. The first kappa shape index (κ1) is 13.1. The first-order valence-corrected chi connectivity index (χ1v) is 6.63. The van der Waals surface area contributed by atoms with Gasteiger partial charge in [0.25, 0.3) is 5.69 Å². The van der Waals surface area contributed by atoms with E-state index in [4.69, 9.17) is 10.3 Å². The molecular weight excluding hydrogens is 294 g/mol. The third kappa shape index (κ3) is 2.41. The monoisotopic (exact) mass is 303 g/mol. The van der Waals surface area contributed by atoms with E-state index in [2.05, 4.69) is 10.2 Å². The molecule has 0 aliphatic rings. The highest BCUT2D eigenvalue weighted by Gasteiger charge is 2.12. The summed E-state index contributed by atoms with van der Waals surface area (Å²) in [4.78, 5) is 10.7. The number of nitro groups is 1. The Balaban J connectivity index is 2.08. The number of benzene rings is 1. The lowest BCUT2D eigenvalue weighted by molar-refractivity contribution is -0.384. The van der Waals surface area contributed by atoms with Crippen LogP contribution in [0.5, 0.6) is 0 Å². The second kappa shape index (κ2) is 5.21. The molecule has 2 aromatic heterocycles. The molecule has 8 nitrogen and oxygen atoms in total. The van der Waals surface area contributed by atoms with Gasteiger partial charge in [0.05, 0.1) is 16.9 Å². The summed E-state index contributed by atoms with van der Waals surface area (Å²) in [6, 6.07) is 9.49. The van der Waals surface area contributed by atoms with Crippen LogP contribution in [0.2, 0.25) is 0 Å². The summed E-state index contributed by atoms with van der Waals surface area (Å²) in [7, 11) is 0. The minimum absolute atomic E-state index is 0.00655. The van der Waals surface area contributed by atoms with E-state index >= 15 is 0 Å². The zero-order chi connectivity index (χ0) is 14.8. The third-order valence-corrected chi connectivity index (χ3v) is 3.64. The maximum atomic E-state index is 10.7. The Labute approximate surface area is 121 Å². The number of nitrogens with zero attached hydrogens (tertiary/aromatic N) is 4. The molecule has 2 N–H and O–H groups in total. The lowest BCUT2D eigenvalue weighted by atomic mass is 10.3. The predicted octanol–water partition coefficient (Wildman–Crippen LogP) is 1.88. The van der Waals surface area contributed by atoms with Gasteiger partial charge in [0.2, 0.25) is 4.80 Å². The lowest BCUT2D eigenvalue weighted by Gasteiger charge is -1.99. The van der Waals surface area contributed by atoms with Gasteiger partial charge in [0, 0.05) is 12.1 Å². The van der Waals surface area contributed by atoms with Crippen molar-refractivity contribution in [3.05, 3.63) is 57.6 Å². The van der Waals surface area contributed by atoms with E-state index in [-0.39, 0.29) is 5.69 Å². The highest BCUT2D eigenvalue weighted by molar-refractivity contribution is 7.12. The molecule has 0 fully saturated rings. The molecule has 9 heteroatoms. The van der Waals surface area contributed by atoms with Crippen LogP contribution in [0, 0.1) is 10.1 Å². The van der Waals surface area contributed by atoms with Gasteiger partial charge in [-0.1, -0.05) is 11.3 Å². The SMILES string of the molecule is N/N=c1\sc(-c2ccco2)nn1-c1ccc([N+](=O)[O-])cc1. The zero-order valence-electron chi connectivity index (χ0n) is 10.5. The third-order valence-electron chi connectivity index (χ3n) is 2.71. The largest absolute Gasteiger partial charge is 0.462 e. The van der Waals surface area contributed by atoms with Gasteiger partial charge in [-0.05, 0) is 24.3 Å². The van der Waals surface area contributed by atoms with Gasteiger partial charge in [-0.15, -0.1) is 0 Å². The molecule has 0 radical (unpaired) electrons. The van der Waals surface area contributed by atoms with Crippen molar-refractivity contribution in [2.75, 3.05) is 0 Å². The van der Waals surface area contributed by atoms with E-state index in [1.807, 2.05) is 0 Å². The number of rotatable bonds is 3. The fourth-order valence-electron chi connectivity index (χ4n) is 1.75. The average molecular weight is 303 g/mol. The van der Waals surface area contributed by atoms with Crippen LogP contribution in [-0.2, 0) is 0 Å². The van der Waals surface area contributed by atoms with E-state index in [0.29, 0.717) is 21.3 Å². The molecule has 0 spiro atoms. The fraction of sp³-hybridized carbons (Fsp3) is 0. The standard InChI is InChI=1S/C12H9N5O3S/c13-14-12-16(8-3-5-9(6-4-8)17(18)19)15-11(21-12)10-2-1-7-20-10/h1-7H,13H2/b14-12-. The van der Waals surface area contributed by atoms with Crippen LogP contribution in [0.15, 0.2) is 52.2 Å². The summed E-state index contributed by atoms with van der Waals surface area (Å²) in [6.07, 6.45) is 1.55. The van der Waals surface area contributed by atoms with Crippen molar-refractivity contribution >= 4 is 17.0 Å². The molecule has 3 rings (SSSR count). The van der Waals surface area contributed by atoms with E-state index in [9.17, 15) is 10.1 Å². The van der Waals surface area contributed by atoms with Crippen LogP contribution in [-0.4, -0.2) is 14.7 Å². The quantitative estimate of drug-likeness (QED) is 0.451. The molecule has 0 amide bonds. The highest BCUT2D eigenvalue weighted by atomic mass is 32.1. The number of furan rings is 1. The number of hydrogen-bond donors (Lipinski definition) is 1. The smallest absolute Gasteiger partial charge is 0.269 e. The summed E-state index contributed by atoms with van der Waals surface area (Å²) in [5.74, 6) is 5.97. The van der Waals surface area contributed by atoms with E-state index in [0.717, 1.165) is 0 Å². The van der Waals surface area contributed by atoms with Crippen molar-refractivity contribution in [3.63, 3.8) is 0 Å². The molecule has 0 saturated heterocycles. The molecule has 0 aliphatic carbocycles. The number of hydrogen-bond acceptors (Lipinski definition) is 7. The Hall–Kier alpha value is -2.94. The molecular formula is C12H9N5O3S. The average Bonchev–Trinajstić information content (AvgIpc) is 3.16. The van der Waals surface area contributed by atoms with Crippen molar-refractivity contribution < 1.29 is 9.34 Å². The van der Waals surface area contributed by atoms with Gasteiger partial charge in [0.15, 0.2) is 10.8 Å². The molecule has 0 saturated carbocycles. The van der Waals surface area contributed by atoms with Crippen molar-refractivity contribution in [2.45, 2.75) is 0 Å². The van der Waals surface area contributed by atoms with E-state index in [1.54, 1.807) is 30.5 Å². The first-order valence-electron chi connectivity index (χ1n) is 5.82. The Morgan fingerprint density at radius 1 is 1.33 bits per heavy atom. The van der Waals surface area contributed by atoms with Gasteiger partial charge in [0.1, 0.15) is 0 Å². The second-order valence-electron chi connectivity index (χ2n) is 3.98. The molecule has 0 bridgehead atoms. The molecule has 2 heterocycles. The second-order valence-corrected chi connectivity index (χ2v) is 4.94. The Morgan fingerprint density at radius 3 is 2.67 bits per heavy atom. The van der Waals surface area contributed by atoms with Crippen LogP contribution in [0.3, 0.4) is 0 Å². The van der Waals surface area contributed by atoms with Crippen LogP contribution >= 0.6 is 11.3 Å². The van der Waals surface area contributed by atoms with Gasteiger partial charge in [-0.3, -0.25) is 10.1 Å². The summed E-state index contributed by atoms with van der Waals surface area (Å²) < 4.78 is 6.79. The van der Waals surface area contributed by atoms with Crippen LogP contribution in [0.25, 0.3) is 16.5 Å². The molecule has 21 heavy (non-hydrogen) atoms. The highest BCUT2D eigenvalue weighted by Crippen LogP contribution is 2.21. The summed E-state index contributed by atoms with van der Waals surface area (Å²) >= 11 is 1.26. The van der Waals surface area contributed by atoms with Crippen LogP contribution in [0.4, 0.5) is 5.69 Å². The van der Waals surface area contributed by atoms with Crippen molar-refractivity contribution in [1.29, 1.82) is 0 Å². The van der Waals surface area contributed by atoms with Crippen molar-refractivity contribution in [1.82, 2.24) is 9.78 Å². The fourth-order valence-corrected chi connectivity index (χ4v) is 2.55. The maximum absolute atomic E-state index is 10.7. The van der Waals surface area contributed by atoms with Crippen molar-refractivity contribution in [3.8, 4) is 16.5 Å². The number of nitrogens with two attached hydrogens (primary N) is 1. The molecule has 106 valence electrons. The normalized spacial score (nSPS) is 11.7. The predicted molar refractivity (Wildman–Crippen MR) is 75.5 cm³/mol. The first-order chi connectivity index (χ1) is 10.2. The topological polar surface area (TPSA) is 112 Å².